The van der Waals surface area contributed by atoms with Crippen LogP contribution < -0.4 is 4.90 Å². The van der Waals surface area contributed by atoms with Crippen LogP contribution in [-0.2, 0) is 6.54 Å². The van der Waals surface area contributed by atoms with Crippen LogP contribution in [0.2, 0.25) is 0 Å². The Kier molecular flexibility index (Phi) is 4.28. The molecule has 26 heavy (non-hydrogen) atoms. The summed E-state index contributed by atoms with van der Waals surface area (Å²) in [4.78, 5) is 33.0. The molecular formula is C19H22N6O. The third-order valence-corrected chi connectivity index (χ3v) is 4.70. The predicted molar refractivity (Wildman–Crippen MR) is 100 cm³/mol. The van der Waals surface area contributed by atoms with Crippen LogP contribution in [-0.4, -0.2) is 50.9 Å². The quantitative estimate of drug-likeness (QED) is 0.782. The molecule has 3 heterocycles. The zero-order chi connectivity index (χ0) is 18.1. The molecule has 7 heteroatoms. The fraction of sp³-hybridized carbons (Fsp3) is 0.368. The standard InChI is InChI=1S/C19H22N6O/c1-13-5-6-14-15(9-13)22-17(21-14)12-24(2)18-11-20-10-16(23-18)19(26)25-7-3-4-8-25/h5-6,9-11H,3-4,7-8,12H2,1-2H3,(H,21,22). The summed E-state index contributed by atoms with van der Waals surface area (Å²) in [6.07, 6.45) is 5.34. The lowest BCUT2D eigenvalue weighted by molar-refractivity contribution is 0.0786. The fourth-order valence-electron chi connectivity index (χ4n) is 3.28. The Morgan fingerprint density at radius 3 is 2.85 bits per heavy atom. The number of aromatic nitrogens is 4. The van der Waals surface area contributed by atoms with Gasteiger partial charge in [0, 0.05) is 20.1 Å². The maximum atomic E-state index is 12.5. The van der Waals surface area contributed by atoms with Crippen LogP contribution in [0, 0.1) is 6.92 Å². The Balaban J connectivity index is 1.52. The van der Waals surface area contributed by atoms with Crippen molar-refractivity contribution in [3.05, 3.63) is 47.7 Å². The van der Waals surface area contributed by atoms with Gasteiger partial charge in [-0.15, -0.1) is 0 Å². The summed E-state index contributed by atoms with van der Waals surface area (Å²) >= 11 is 0. The molecular weight excluding hydrogens is 328 g/mol. The number of aromatic amines is 1. The number of hydrogen-bond donors (Lipinski definition) is 1. The van der Waals surface area contributed by atoms with Crippen molar-refractivity contribution >= 4 is 22.8 Å². The van der Waals surface area contributed by atoms with Gasteiger partial charge in [-0.1, -0.05) is 6.07 Å². The van der Waals surface area contributed by atoms with E-state index in [1.54, 1.807) is 12.4 Å². The number of fused-ring (bicyclic) bond motifs is 1. The topological polar surface area (TPSA) is 78.0 Å². The number of nitrogens with zero attached hydrogens (tertiary/aromatic N) is 5. The van der Waals surface area contributed by atoms with Crippen molar-refractivity contribution in [1.82, 2.24) is 24.8 Å². The van der Waals surface area contributed by atoms with Gasteiger partial charge in [-0.3, -0.25) is 9.78 Å². The molecule has 134 valence electrons. The Morgan fingerprint density at radius 1 is 1.23 bits per heavy atom. The monoisotopic (exact) mass is 350 g/mol. The summed E-state index contributed by atoms with van der Waals surface area (Å²) in [6.45, 7) is 4.23. The van der Waals surface area contributed by atoms with Crippen LogP contribution in [0.1, 0.15) is 34.7 Å². The molecule has 0 atom stereocenters. The lowest BCUT2D eigenvalue weighted by atomic mass is 10.2. The molecule has 2 aromatic heterocycles. The largest absolute Gasteiger partial charge is 0.351 e. The van der Waals surface area contributed by atoms with E-state index in [2.05, 4.69) is 39.0 Å². The van der Waals surface area contributed by atoms with Gasteiger partial charge in [0.1, 0.15) is 17.3 Å². The second-order valence-corrected chi connectivity index (χ2v) is 6.82. The first-order valence-electron chi connectivity index (χ1n) is 8.88. The molecule has 0 aliphatic carbocycles. The third kappa shape index (κ3) is 3.24. The van der Waals surface area contributed by atoms with E-state index in [4.69, 9.17) is 0 Å². The number of H-pyrrole nitrogens is 1. The molecule has 1 amide bonds. The summed E-state index contributed by atoms with van der Waals surface area (Å²) in [5.74, 6) is 1.47. The molecule has 0 radical (unpaired) electrons. The van der Waals surface area contributed by atoms with Crippen LogP contribution in [0.3, 0.4) is 0 Å². The number of nitrogens with one attached hydrogen (secondary N) is 1. The minimum absolute atomic E-state index is 0.0375. The molecule has 1 aliphatic rings. The zero-order valence-electron chi connectivity index (χ0n) is 15.1. The second-order valence-electron chi connectivity index (χ2n) is 6.82. The first-order valence-corrected chi connectivity index (χ1v) is 8.88. The average Bonchev–Trinajstić information content (AvgIpc) is 3.30. The van der Waals surface area contributed by atoms with Gasteiger partial charge < -0.3 is 14.8 Å². The molecule has 1 aromatic carbocycles. The van der Waals surface area contributed by atoms with Crippen molar-refractivity contribution in [3.8, 4) is 0 Å². The van der Waals surface area contributed by atoms with Gasteiger partial charge in [-0.25, -0.2) is 9.97 Å². The zero-order valence-corrected chi connectivity index (χ0v) is 15.1. The maximum Gasteiger partial charge on any atom is 0.274 e. The van der Waals surface area contributed by atoms with Crippen molar-refractivity contribution in [2.75, 3.05) is 25.0 Å². The molecule has 0 bridgehead atoms. The van der Waals surface area contributed by atoms with Gasteiger partial charge in [-0.05, 0) is 37.5 Å². The van der Waals surface area contributed by atoms with Crippen molar-refractivity contribution in [1.29, 1.82) is 0 Å². The maximum absolute atomic E-state index is 12.5. The number of likely N-dealkylation sites (tertiary alicyclic amines) is 1. The highest BCUT2D eigenvalue weighted by atomic mass is 16.2. The lowest BCUT2D eigenvalue weighted by Gasteiger charge is -2.18. The van der Waals surface area contributed by atoms with Crippen molar-refractivity contribution in [3.63, 3.8) is 0 Å². The molecule has 1 aliphatic heterocycles. The minimum Gasteiger partial charge on any atom is -0.351 e. The normalized spacial score (nSPS) is 14.2. The number of benzene rings is 1. The highest BCUT2D eigenvalue weighted by Crippen LogP contribution is 2.17. The molecule has 1 fully saturated rings. The number of carbonyl (C=O) groups excluding carboxylic acids is 1. The molecule has 0 saturated carbocycles. The van der Waals surface area contributed by atoms with Crippen LogP contribution in [0.5, 0.6) is 0 Å². The number of anilines is 1. The summed E-state index contributed by atoms with van der Waals surface area (Å²) in [7, 11) is 1.92. The van der Waals surface area contributed by atoms with E-state index in [-0.39, 0.29) is 5.91 Å². The molecule has 1 saturated heterocycles. The van der Waals surface area contributed by atoms with E-state index in [0.29, 0.717) is 18.1 Å². The van der Waals surface area contributed by atoms with Gasteiger partial charge in [0.15, 0.2) is 0 Å². The Bertz CT molecular complexity index is 944. The number of rotatable bonds is 4. The molecule has 0 unspecified atom stereocenters. The van der Waals surface area contributed by atoms with Crippen LogP contribution in [0.4, 0.5) is 5.82 Å². The Morgan fingerprint density at radius 2 is 2.04 bits per heavy atom. The molecule has 4 rings (SSSR count). The van der Waals surface area contributed by atoms with Crippen molar-refractivity contribution in [2.24, 2.45) is 0 Å². The van der Waals surface area contributed by atoms with Crippen LogP contribution in [0.15, 0.2) is 30.6 Å². The third-order valence-electron chi connectivity index (χ3n) is 4.70. The van der Waals surface area contributed by atoms with Crippen LogP contribution in [0.25, 0.3) is 11.0 Å². The number of imidazole rings is 1. The van der Waals surface area contributed by atoms with Crippen molar-refractivity contribution < 1.29 is 4.79 Å². The van der Waals surface area contributed by atoms with E-state index >= 15 is 0 Å². The van der Waals surface area contributed by atoms with E-state index in [1.807, 2.05) is 22.9 Å². The minimum atomic E-state index is -0.0375. The van der Waals surface area contributed by atoms with Gasteiger partial charge >= 0.3 is 0 Å². The van der Waals surface area contributed by atoms with Gasteiger partial charge in [0.05, 0.1) is 30.0 Å². The number of amides is 1. The van der Waals surface area contributed by atoms with Gasteiger partial charge in [0.2, 0.25) is 0 Å². The lowest BCUT2D eigenvalue weighted by Crippen LogP contribution is -2.29. The van der Waals surface area contributed by atoms with E-state index < -0.39 is 0 Å². The smallest absolute Gasteiger partial charge is 0.274 e. The first kappa shape index (κ1) is 16.5. The molecule has 0 spiro atoms. The SMILES string of the molecule is Cc1ccc2nc(CN(C)c3cncc(C(=O)N4CCCC4)n3)[nH]c2c1. The summed E-state index contributed by atoms with van der Waals surface area (Å²) < 4.78 is 0. The average molecular weight is 350 g/mol. The predicted octanol–water partition coefficient (Wildman–Crippen LogP) is 2.53. The fourth-order valence-corrected chi connectivity index (χ4v) is 3.28. The van der Waals surface area contributed by atoms with Crippen molar-refractivity contribution in [2.45, 2.75) is 26.3 Å². The van der Waals surface area contributed by atoms with Crippen LogP contribution >= 0.6 is 0 Å². The number of carbonyl (C=O) groups is 1. The summed E-state index contributed by atoms with van der Waals surface area (Å²) in [5.41, 5.74) is 3.57. The summed E-state index contributed by atoms with van der Waals surface area (Å²) in [5, 5.41) is 0. The molecule has 7 nitrogen and oxygen atoms in total. The van der Waals surface area contributed by atoms with E-state index in [1.165, 1.54) is 5.56 Å². The summed E-state index contributed by atoms with van der Waals surface area (Å²) in [6, 6.07) is 6.15. The van der Waals surface area contributed by atoms with E-state index in [0.717, 1.165) is 42.8 Å². The molecule has 1 N–H and O–H groups in total. The van der Waals surface area contributed by atoms with E-state index in [9.17, 15) is 4.79 Å². The Hall–Kier alpha value is -2.96. The second kappa shape index (κ2) is 6.74. The first-order chi connectivity index (χ1) is 12.6. The number of aryl methyl sites for hydroxylation is 1. The van der Waals surface area contributed by atoms with Gasteiger partial charge in [0.25, 0.3) is 5.91 Å². The number of hydrogen-bond acceptors (Lipinski definition) is 5. The van der Waals surface area contributed by atoms with Gasteiger partial charge in [-0.2, -0.15) is 0 Å². The highest BCUT2D eigenvalue weighted by molar-refractivity contribution is 5.92. The Labute approximate surface area is 152 Å². The molecule has 3 aromatic rings. The highest BCUT2D eigenvalue weighted by Gasteiger charge is 2.21.